The van der Waals surface area contributed by atoms with Gasteiger partial charge in [0.05, 0.1) is 0 Å². The third-order valence-corrected chi connectivity index (χ3v) is 4.08. The molecule has 2 unspecified atom stereocenters. The summed E-state index contributed by atoms with van der Waals surface area (Å²) in [6.45, 7) is 4.00. The van der Waals surface area contributed by atoms with Crippen LogP contribution in [0, 0.1) is 18.7 Å². The van der Waals surface area contributed by atoms with Crippen LogP contribution in [0.5, 0.6) is 0 Å². The molecule has 2 rings (SSSR count). The molecular formula is C15H21FN2S. The van der Waals surface area contributed by atoms with Crippen LogP contribution in [0.4, 0.5) is 10.1 Å². The minimum atomic E-state index is -0.209. The lowest BCUT2D eigenvalue weighted by Gasteiger charge is -2.30. The normalized spacial score (nSPS) is 22.9. The van der Waals surface area contributed by atoms with Crippen molar-refractivity contribution in [2.24, 2.45) is 5.92 Å². The summed E-state index contributed by atoms with van der Waals surface area (Å²) >= 11 is 5.30. The Morgan fingerprint density at radius 2 is 2.05 bits per heavy atom. The Morgan fingerprint density at radius 1 is 1.32 bits per heavy atom. The van der Waals surface area contributed by atoms with Crippen LogP contribution in [-0.2, 0) is 0 Å². The summed E-state index contributed by atoms with van der Waals surface area (Å²) < 4.78 is 13.4. The predicted molar refractivity (Wildman–Crippen MR) is 81.9 cm³/mol. The molecule has 0 radical (unpaired) electrons. The van der Waals surface area contributed by atoms with E-state index >= 15 is 0 Å². The Hall–Kier alpha value is -1.16. The highest BCUT2D eigenvalue weighted by Crippen LogP contribution is 2.23. The lowest BCUT2D eigenvalue weighted by Crippen LogP contribution is -2.43. The highest BCUT2D eigenvalue weighted by Gasteiger charge is 2.21. The number of halogens is 1. The van der Waals surface area contributed by atoms with Crippen LogP contribution in [-0.4, -0.2) is 11.2 Å². The molecule has 2 atom stereocenters. The second kappa shape index (κ2) is 6.33. The van der Waals surface area contributed by atoms with Crippen molar-refractivity contribution in [3.8, 4) is 0 Å². The highest BCUT2D eigenvalue weighted by atomic mass is 32.1. The minimum Gasteiger partial charge on any atom is -0.359 e. The summed E-state index contributed by atoms with van der Waals surface area (Å²) in [6, 6.07) is 5.51. The topological polar surface area (TPSA) is 24.1 Å². The summed E-state index contributed by atoms with van der Waals surface area (Å²) in [6.07, 6.45) is 4.97. The van der Waals surface area contributed by atoms with E-state index in [4.69, 9.17) is 12.2 Å². The minimum absolute atomic E-state index is 0.209. The van der Waals surface area contributed by atoms with Gasteiger partial charge in [0.15, 0.2) is 5.11 Å². The molecule has 4 heteroatoms. The molecule has 1 aliphatic rings. The quantitative estimate of drug-likeness (QED) is 0.801. The third kappa shape index (κ3) is 3.90. The summed E-state index contributed by atoms with van der Waals surface area (Å²) in [4.78, 5) is 0. The SMILES string of the molecule is Cc1ccc(NC(=S)NC2CCCCC2C)cc1F. The van der Waals surface area contributed by atoms with Crippen molar-refractivity contribution in [3.63, 3.8) is 0 Å². The van der Waals surface area contributed by atoms with Crippen molar-refractivity contribution in [3.05, 3.63) is 29.6 Å². The Labute approximate surface area is 119 Å². The zero-order valence-corrected chi connectivity index (χ0v) is 12.3. The van der Waals surface area contributed by atoms with E-state index in [9.17, 15) is 4.39 Å². The summed E-state index contributed by atoms with van der Waals surface area (Å²) in [5.74, 6) is 0.432. The first-order chi connectivity index (χ1) is 9.06. The maximum absolute atomic E-state index is 13.4. The number of hydrogen-bond donors (Lipinski definition) is 2. The van der Waals surface area contributed by atoms with Crippen LogP contribution in [0.3, 0.4) is 0 Å². The Morgan fingerprint density at radius 3 is 2.74 bits per heavy atom. The molecule has 0 spiro atoms. The summed E-state index contributed by atoms with van der Waals surface area (Å²) in [7, 11) is 0. The molecular weight excluding hydrogens is 259 g/mol. The number of nitrogens with one attached hydrogen (secondary N) is 2. The zero-order chi connectivity index (χ0) is 13.8. The predicted octanol–water partition coefficient (Wildman–Crippen LogP) is 4.00. The van der Waals surface area contributed by atoms with E-state index in [1.165, 1.54) is 25.3 Å². The van der Waals surface area contributed by atoms with Crippen LogP contribution >= 0.6 is 12.2 Å². The zero-order valence-electron chi connectivity index (χ0n) is 11.5. The van der Waals surface area contributed by atoms with Crippen LogP contribution in [0.25, 0.3) is 0 Å². The van der Waals surface area contributed by atoms with Crippen LogP contribution in [0.2, 0.25) is 0 Å². The fourth-order valence-corrected chi connectivity index (χ4v) is 2.81. The molecule has 19 heavy (non-hydrogen) atoms. The molecule has 2 nitrogen and oxygen atoms in total. The van der Waals surface area contributed by atoms with Crippen molar-refractivity contribution >= 4 is 23.0 Å². The van der Waals surface area contributed by atoms with E-state index in [-0.39, 0.29) is 5.82 Å². The average molecular weight is 280 g/mol. The van der Waals surface area contributed by atoms with Crippen LogP contribution in [0.15, 0.2) is 18.2 Å². The first-order valence-corrected chi connectivity index (χ1v) is 7.31. The molecule has 2 N–H and O–H groups in total. The van der Waals surface area contributed by atoms with E-state index in [0.29, 0.717) is 28.3 Å². The molecule has 0 heterocycles. The molecule has 0 bridgehead atoms. The second-order valence-electron chi connectivity index (χ2n) is 5.43. The van der Waals surface area contributed by atoms with Crippen molar-refractivity contribution in [1.82, 2.24) is 5.32 Å². The van der Waals surface area contributed by atoms with Crippen molar-refractivity contribution in [1.29, 1.82) is 0 Å². The number of rotatable bonds is 2. The molecule has 104 valence electrons. The first kappa shape index (κ1) is 14.3. The van der Waals surface area contributed by atoms with Gasteiger partial charge >= 0.3 is 0 Å². The second-order valence-corrected chi connectivity index (χ2v) is 5.84. The van der Waals surface area contributed by atoms with Gasteiger partial charge in [-0.1, -0.05) is 25.8 Å². The Kier molecular flexibility index (Phi) is 4.75. The van der Waals surface area contributed by atoms with E-state index < -0.39 is 0 Å². The largest absolute Gasteiger partial charge is 0.359 e. The molecule has 0 saturated heterocycles. The Balaban J connectivity index is 1.91. The number of hydrogen-bond acceptors (Lipinski definition) is 1. The van der Waals surface area contributed by atoms with Gasteiger partial charge in [-0.3, -0.25) is 0 Å². The molecule has 1 aromatic carbocycles. The van der Waals surface area contributed by atoms with Crippen molar-refractivity contribution < 1.29 is 4.39 Å². The van der Waals surface area contributed by atoms with E-state index in [1.54, 1.807) is 13.0 Å². The third-order valence-electron chi connectivity index (χ3n) is 3.86. The van der Waals surface area contributed by atoms with E-state index in [2.05, 4.69) is 17.6 Å². The average Bonchev–Trinajstić information content (AvgIpc) is 2.37. The molecule has 0 aromatic heterocycles. The molecule has 1 aliphatic carbocycles. The fraction of sp³-hybridized carbons (Fsp3) is 0.533. The van der Waals surface area contributed by atoms with Crippen molar-refractivity contribution in [2.45, 2.75) is 45.6 Å². The van der Waals surface area contributed by atoms with Gasteiger partial charge in [-0.2, -0.15) is 0 Å². The lowest BCUT2D eigenvalue weighted by molar-refractivity contribution is 0.309. The lowest BCUT2D eigenvalue weighted by atomic mass is 9.86. The number of anilines is 1. The van der Waals surface area contributed by atoms with Gasteiger partial charge in [-0.25, -0.2) is 4.39 Å². The van der Waals surface area contributed by atoms with E-state index in [0.717, 1.165) is 6.42 Å². The van der Waals surface area contributed by atoms with E-state index in [1.807, 2.05) is 6.07 Å². The fourth-order valence-electron chi connectivity index (χ4n) is 2.54. The molecule has 0 amide bonds. The summed E-state index contributed by atoms with van der Waals surface area (Å²) in [5, 5.41) is 6.99. The van der Waals surface area contributed by atoms with Crippen LogP contribution < -0.4 is 10.6 Å². The maximum Gasteiger partial charge on any atom is 0.171 e. The number of benzene rings is 1. The van der Waals surface area contributed by atoms with Gasteiger partial charge in [0.2, 0.25) is 0 Å². The van der Waals surface area contributed by atoms with Gasteiger partial charge in [0.25, 0.3) is 0 Å². The van der Waals surface area contributed by atoms with Gasteiger partial charge in [-0.15, -0.1) is 0 Å². The standard InChI is InChI=1S/C15H21FN2S/c1-10-7-8-12(9-13(10)16)17-15(19)18-14-6-4-3-5-11(14)2/h7-9,11,14H,3-6H2,1-2H3,(H2,17,18,19). The maximum atomic E-state index is 13.4. The molecule has 1 saturated carbocycles. The van der Waals surface area contributed by atoms with Gasteiger partial charge < -0.3 is 10.6 Å². The Bertz CT molecular complexity index is 461. The first-order valence-electron chi connectivity index (χ1n) is 6.90. The smallest absolute Gasteiger partial charge is 0.171 e. The number of thiocarbonyl (C=S) groups is 1. The molecule has 1 aromatic rings. The van der Waals surface area contributed by atoms with Crippen LogP contribution in [0.1, 0.15) is 38.2 Å². The van der Waals surface area contributed by atoms with Crippen molar-refractivity contribution in [2.75, 3.05) is 5.32 Å². The number of aryl methyl sites for hydroxylation is 1. The molecule has 1 fully saturated rings. The van der Waals surface area contributed by atoms with Gasteiger partial charge in [-0.05, 0) is 55.6 Å². The van der Waals surface area contributed by atoms with Gasteiger partial charge in [0, 0.05) is 11.7 Å². The summed E-state index contributed by atoms with van der Waals surface area (Å²) in [5.41, 5.74) is 1.34. The monoisotopic (exact) mass is 280 g/mol. The highest BCUT2D eigenvalue weighted by molar-refractivity contribution is 7.80. The van der Waals surface area contributed by atoms with Gasteiger partial charge in [0.1, 0.15) is 5.82 Å². The molecule has 0 aliphatic heterocycles.